The Kier molecular flexibility index (Phi) is 3.24. The van der Waals surface area contributed by atoms with Gasteiger partial charge in [0.2, 0.25) is 0 Å². The predicted octanol–water partition coefficient (Wildman–Crippen LogP) is 2.40. The van der Waals surface area contributed by atoms with Crippen molar-refractivity contribution in [2.24, 2.45) is 5.41 Å². The lowest BCUT2D eigenvalue weighted by molar-refractivity contribution is -0.111. The average Bonchev–Trinajstić information content (AvgIpc) is 2.82. The molecule has 1 N–H and O–H groups in total. The van der Waals surface area contributed by atoms with Gasteiger partial charge in [0.15, 0.2) is 5.78 Å². The van der Waals surface area contributed by atoms with E-state index in [9.17, 15) is 9.90 Å². The van der Waals surface area contributed by atoms with Gasteiger partial charge in [-0.25, -0.2) is 0 Å². The maximum atomic E-state index is 11.9. The molecule has 0 spiro atoms. The van der Waals surface area contributed by atoms with Gasteiger partial charge in [-0.1, -0.05) is 19.9 Å². The molecule has 3 heteroatoms. The second-order valence-corrected chi connectivity index (χ2v) is 6.43. The van der Waals surface area contributed by atoms with Crippen molar-refractivity contribution in [1.82, 2.24) is 0 Å². The molecule has 0 aromatic carbocycles. The van der Waals surface area contributed by atoms with Crippen LogP contribution in [0.1, 0.15) is 40.5 Å². The molecule has 0 unspecified atom stereocenters. The van der Waals surface area contributed by atoms with Crippen LogP contribution in [0.4, 0.5) is 0 Å². The number of epoxide rings is 1. The predicted molar refractivity (Wildman–Crippen MR) is 70.2 cm³/mol. The Morgan fingerprint density at radius 2 is 2.00 bits per heavy atom. The quantitative estimate of drug-likeness (QED) is 0.672. The minimum atomic E-state index is -0.612. The number of allylic oxidation sites excluding steroid dienone is 3. The van der Waals surface area contributed by atoms with E-state index < -0.39 is 6.10 Å². The van der Waals surface area contributed by atoms with E-state index in [-0.39, 0.29) is 22.9 Å². The van der Waals surface area contributed by atoms with E-state index in [1.54, 1.807) is 19.1 Å². The van der Waals surface area contributed by atoms with Gasteiger partial charge in [-0.2, -0.15) is 0 Å². The molecule has 2 rings (SSSR count). The fourth-order valence-corrected chi connectivity index (χ4v) is 2.55. The number of hydrogen-bond acceptors (Lipinski definition) is 3. The summed E-state index contributed by atoms with van der Waals surface area (Å²) in [5.74, 6) is -0.0243. The van der Waals surface area contributed by atoms with Crippen molar-refractivity contribution in [2.75, 3.05) is 0 Å². The van der Waals surface area contributed by atoms with Gasteiger partial charge in [0.05, 0.1) is 17.8 Å². The molecule has 0 saturated carbocycles. The maximum absolute atomic E-state index is 11.9. The first kappa shape index (κ1) is 13.5. The Bertz CT molecular complexity index is 419. The Morgan fingerprint density at radius 1 is 1.33 bits per heavy atom. The van der Waals surface area contributed by atoms with E-state index in [0.717, 1.165) is 6.42 Å². The third kappa shape index (κ3) is 2.90. The summed E-state index contributed by atoms with van der Waals surface area (Å²) in [5, 5.41) is 9.97. The van der Waals surface area contributed by atoms with Crippen LogP contribution in [-0.2, 0) is 9.53 Å². The summed E-state index contributed by atoms with van der Waals surface area (Å²) in [7, 11) is 0. The van der Waals surface area contributed by atoms with Crippen LogP contribution in [0.5, 0.6) is 0 Å². The first-order chi connectivity index (χ1) is 8.22. The molecule has 0 aromatic rings. The van der Waals surface area contributed by atoms with Gasteiger partial charge in [0.1, 0.15) is 0 Å². The highest BCUT2D eigenvalue weighted by Crippen LogP contribution is 2.46. The smallest absolute Gasteiger partial charge is 0.181 e. The van der Waals surface area contributed by atoms with E-state index in [0.29, 0.717) is 12.0 Å². The van der Waals surface area contributed by atoms with E-state index in [4.69, 9.17) is 4.74 Å². The largest absolute Gasteiger partial charge is 0.389 e. The fourth-order valence-electron chi connectivity index (χ4n) is 2.55. The lowest BCUT2D eigenvalue weighted by Gasteiger charge is -2.19. The molecule has 1 saturated heterocycles. The van der Waals surface area contributed by atoms with Crippen LogP contribution in [0.2, 0.25) is 0 Å². The molecule has 1 fully saturated rings. The van der Waals surface area contributed by atoms with Crippen LogP contribution < -0.4 is 0 Å². The molecular weight excluding hydrogens is 228 g/mol. The number of aliphatic hydroxyl groups is 1. The van der Waals surface area contributed by atoms with Gasteiger partial charge in [-0.05, 0) is 43.4 Å². The van der Waals surface area contributed by atoms with Crippen LogP contribution in [0.25, 0.3) is 0 Å². The van der Waals surface area contributed by atoms with E-state index >= 15 is 0 Å². The molecule has 3 atom stereocenters. The molecule has 1 aliphatic carbocycles. The summed E-state index contributed by atoms with van der Waals surface area (Å²) in [5.41, 5.74) is 0.291. The number of ketones is 1. The summed E-state index contributed by atoms with van der Waals surface area (Å²) in [6.07, 6.45) is 6.19. The summed E-state index contributed by atoms with van der Waals surface area (Å²) in [4.78, 5) is 11.9. The van der Waals surface area contributed by atoms with Crippen molar-refractivity contribution in [2.45, 2.75) is 58.3 Å². The normalized spacial score (nSPS) is 44.3. The number of fused-ring (bicyclic) bond motifs is 1. The third-order valence-corrected chi connectivity index (χ3v) is 3.88. The van der Waals surface area contributed by atoms with Crippen LogP contribution in [0.15, 0.2) is 23.8 Å². The zero-order valence-electron chi connectivity index (χ0n) is 11.6. The Labute approximate surface area is 109 Å². The van der Waals surface area contributed by atoms with Crippen LogP contribution in [0, 0.1) is 5.41 Å². The molecule has 0 bridgehead atoms. The first-order valence-electron chi connectivity index (χ1n) is 6.50. The Balaban J connectivity index is 2.27. The van der Waals surface area contributed by atoms with Gasteiger partial charge in [-0.15, -0.1) is 0 Å². The second-order valence-electron chi connectivity index (χ2n) is 6.43. The summed E-state index contributed by atoms with van der Waals surface area (Å²) >= 11 is 0. The molecule has 0 amide bonds. The van der Waals surface area contributed by atoms with Crippen LogP contribution in [0.3, 0.4) is 0 Å². The van der Waals surface area contributed by atoms with Gasteiger partial charge in [-0.3, -0.25) is 4.79 Å². The first-order valence-corrected chi connectivity index (χ1v) is 6.50. The fraction of sp³-hybridized carbons (Fsp3) is 0.667. The molecule has 1 heterocycles. The maximum Gasteiger partial charge on any atom is 0.181 e. The summed E-state index contributed by atoms with van der Waals surface area (Å²) in [6.45, 7) is 7.98. The van der Waals surface area contributed by atoms with Gasteiger partial charge < -0.3 is 9.84 Å². The summed E-state index contributed by atoms with van der Waals surface area (Å²) < 4.78 is 5.74. The van der Waals surface area contributed by atoms with Crippen molar-refractivity contribution >= 4 is 5.78 Å². The second kappa shape index (κ2) is 4.32. The highest BCUT2D eigenvalue weighted by molar-refractivity contribution is 6.03. The number of aliphatic hydroxyl groups excluding tert-OH is 1. The third-order valence-electron chi connectivity index (χ3n) is 3.88. The Hall–Kier alpha value is -0.930. The van der Waals surface area contributed by atoms with Crippen molar-refractivity contribution < 1.29 is 14.6 Å². The standard InChI is InChI=1S/C15H22O3/c1-10-7-11(16)8-15(4)13(18-15)9-14(2,3)6-5-12(10)17/h5-7,11,13,16H,8-9H2,1-4H3/b6-5+,10-7+/t11-,13-,15-/m0/s1. The zero-order chi connectivity index (χ0) is 13.6. The van der Waals surface area contributed by atoms with E-state index in [1.165, 1.54) is 0 Å². The minimum absolute atomic E-state index is 0.0243. The number of hydrogen-bond donors (Lipinski definition) is 1. The van der Waals surface area contributed by atoms with Crippen molar-refractivity contribution in [3.63, 3.8) is 0 Å². The van der Waals surface area contributed by atoms with Crippen LogP contribution >= 0.6 is 0 Å². The number of carbonyl (C=O) groups is 1. The Morgan fingerprint density at radius 3 is 2.67 bits per heavy atom. The number of rotatable bonds is 0. The highest BCUT2D eigenvalue weighted by atomic mass is 16.6. The van der Waals surface area contributed by atoms with Crippen molar-refractivity contribution in [3.05, 3.63) is 23.8 Å². The number of ether oxygens (including phenoxy) is 1. The van der Waals surface area contributed by atoms with Gasteiger partial charge in [0, 0.05) is 6.42 Å². The monoisotopic (exact) mass is 250 g/mol. The topological polar surface area (TPSA) is 49.8 Å². The molecule has 2 aliphatic rings. The minimum Gasteiger partial charge on any atom is -0.389 e. The van der Waals surface area contributed by atoms with Gasteiger partial charge in [0.25, 0.3) is 0 Å². The molecular formula is C15H22O3. The van der Waals surface area contributed by atoms with E-state index in [2.05, 4.69) is 13.8 Å². The molecule has 18 heavy (non-hydrogen) atoms. The van der Waals surface area contributed by atoms with Crippen molar-refractivity contribution in [3.8, 4) is 0 Å². The van der Waals surface area contributed by atoms with Gasteiger partial charge >= 0.3 is 0 Å². The average molecular weight is 250 g/mol. The molecule has 1 aliphatic heterocycles. The molecule has 100 valence electrons. The number of carbonyl (C=O) groups excluding carboxylic acids is 1. The molecule has 0 radical (unpaired) electrons. The lowest BCUT2D eigenvalue weighted by atomic mass is 9.83. The molecule has 3 nitrogen and oxygen atoms in total. The SMILES string of the molecule is C/C1=C\[C@H](O)C[C@]2(C)O[C@H]2CC(C)(C)/C=C/C1=O. The van der Waals surface area contributed by atoms with E-state index in [1.807, 2.05) is 13.0 Å². The zero-order valence-corrected chi connectivity index (χ0v) is 11.6. The lowest BCUT2D eigenvalue weighted by Crippen LogP contribution is -2.21. The highest BCUT2D eigenvalue weighted by Gasteiger charge is 2.54. The summed E-state index contributed by atoms with van der Waals surface area (Å²) in [6, 6.07) is 0. The molecule has 0 aromatic heterocycles. The van der Waals surface area contributed by atoms with Crippen molar-refractivity contribution in [1.29, 1.82) is 0 Å². The van der Waals surface area contributed by atoms with Crippen LogP contribution in [-0.4, -0.2) is 28.7 Å².